The van der Waals surface area contributed by atoms with Crippen molar-refractivity contribution in [2.45, 2.75) is 18.9 Å². The molecule has 0 saturated heterocycles. The van der Waals surface area contributed by atoms with Crippen LogP contribution in [0.2, 0.25) is 0 Å². The molecule has 142 valence electrons. The normalized spacial score (nSPS) is 21.1. The standard InChI is InChI=1S/C21H24N2O4/c1-4-27-21(16-8-6-5-7-9-16)13-17(21)20(24)23-22-14-15-10-11-18(25-2)19(12-15)26-3/h5-12,14,17H,4,13H2,1-3H3,(H,23,24)/b22-14+/t17-,21-/m1/s1. The Balaban J connectivity index is 1.65. The average Bonchev–Trinajstić information content (AvgIpc) is 3.44. The Labute approximate surface area is 159 Å². The van der Waals surface area contributed by atoms with Crippen molar-refractivity contribution >= 4 is 12.1 Å². The lowest BCUT2D eigenvalue weighted by atomic mass is 10.1. The number of hydrogen-bond donors (Lipinski definition) is 1. The smallest absolute Gasteiger partial charge is 0.246 e. The van der Waals surface area contributed by atoms with Gasteiger partial charge in [-0.2, -0.15) is 5.10 Å². The summed E-state index contributed by atoms with van der Waals surface area (Å²) in [7, 11) is 3.16. The molecule has 3 rings (SSSR count). The van der Waals surface area contributed by atoms with Crippen LogP contribution in [-0.2, 0) is 15.1 Å². The van der Waals surface area contributed by atoms with Gasteiger partial charge in [0.25, 0.3) is 0 Å². The summed E-state index contributed by atoms with van der Waals surface area (Å²) in [6, 6.07) is 15.3. The molecule has 0 spiro atoms. The molecule has 1 saturated carbocycles. The van der Waals surface area contributed by atoms with Crippen molar-refractivity contribution in [1.29, 1.82) is 0 Å². The summed E-state index contributed by atoms with van der Waals surface area (Å²) in [5.41, 5.74) is 3.90. The number of nitrogens with zero attached hydrogens (tertiary/aromatic N) is 1. The molecular weight excluding hydrogens is 344 g/mol. The number of benzene rings is 2. The molecule has 2 aromatic carbocycles. The van der Waals surface area contributed by atoms with Crippen molar-refractivity contribution in [3.8, 4) is 11.5 Å². The zero-order chi connectivity index (χ0) is 19.3. The van der Waals surface area contributed by atoms with Crippen LogP contribution in [0.15, 0.2) is 53.6 Å². The SMILES string of the molecule is CCO[C@@]1(c2ccccc2)C[C@@H]1C(=O)N/N=C/c1ccc(OC)c(OC)c1. The van der Waals surface area contributed by atoms with Gasteiger partial charge < -0.3 is 14.2 Å². The molecule has 6 nitrogen and oxygen atoms in total. The summed E-state index contributed by atoms with van der Waals surface area (Å²) in [5, 5.41) is 4.08. The van der Waals surface area contributed by atoms with E-state index in [2.05, 4.69) is 10.5 Å². The van der Waals surface area contributed by atoms with Crippen LogP contribution in [0.25, 0.3) is 0 Å². The highest BCUT2D eigenvalue weighted by atomic mass is 16.5. The van der Waals surface area contributed by atoms with Crippen molar-refractivity contribution in [2.24, 2.45) is 11.0 Å². The van der Waals surface area contributed by atoms with Gasteiger partial charge in [-0.25, -0.2) is 5.43 Å². The Bertz CT molecular complexity index is 822. The second-order valence-electron chi connectivity index (χ2n) is 6.29. The first-order chi connectivity index (χ1) is 13.1. The topological polar surface area (TPSA) is 69.2 Å². The van der Waals surface area contributed by atoms with Gasteiger partial charge in [0, 0.05) is 6.61 Å². The number of carbonyl (C=O) groups is 1. The number of ether oxygens (including phenoxy) is 3. The second-order valence-corrected chi connectivity index (χ2v) is 6.29. The lowest BCUT2D eigenvalue weighted by Gasteiger charge is -2.17. The molecule has 1 aliphatic carbocycles. The van der Waals surface area contributed by atoms with Crippen molar-refractivity contribution in [3.63, 3.8) is 0 Å². The van der Waals surface area contributed by atoms with Crippen LogP contribution in [0.1, 0.15) is 24.5 Å². The minimum atomic E-state index is -0.543. The van der Waals surface area contributed by atoms with Crippen LogP contribution < -0.4 is 14.9 Å². The van der Waals surface area contributed by atoms with Crippen LogP contribution >= 0.6 is 0 Å². The molecule has 27 heavy (non-hydrogen) atoms. The lowest BCUT2D eigenvalue weighted by Crippen LogP contribution is -2.26. The van der Waals surface area contributed by atoms with E-state index in [0.717, 1.165) is 11.1 Å². The molecule has 0 radical (unpaired) electrons. The Hall–Kier alpha value is -2.86. The first-order valence-corrected chi connectivity index (χ1v) is 8.89. The van der Waals surface area contributed by atoms with E-state index in [9.17, 15) is 4.79 Å². The third-order valence-electron chi connectivity index (χ3n) is 4.69. The predicted octanol–water partition coefficient (Wildman–Crippen LogP) is 3.11. The van der Waals surface area contributed by atoms with E-state index >= 15 is 0 Å². The quantitative estimate of drug-likeness (QED) is 0.574. The molecule has 0 aromatic heterocycles. The first-order valence-electron chi connectivity index (χ1n) is 8.89. The summed E-state index contributed by atoms with van der Waals surface area (Å²) in [6.07, 6.45) is 2.23. The number of amides is 1. The van der Waals surface area contributed by atoms with E-state index in [1.54, 1.807) is 32.6 Å². The third kappa shape index (κ3) is 3.95. The van der Waals surface area contributed by atoms with Gasteiger partial charge >= 0.3 is 0 Å². The first kappa shape index (κ1) is 18.9. The zero-order valence-corrected chi connectivity index (χ0v) is 15.8. The van der Waals surface area contributed by atoms with Crippen LogP contribution in [0.3, 0.4) is 0 Å². The van der Waals surface area contributed by atoms with Crippen molar-refractivity contribution in [1.82, 2.24) is 5.43 Å². The number of nitrogens with one attached hydrogen (secondary N) is 1. The minimum absolute atomic E-state index is 0.149. The van der Waals surface area contributed by atoms with Crippen LogP contribution in [0.4, 0.5) is 0 Å². The number of rotatable bonds is 8. The van der Waals surface area contributed by atoms with Crippen LogP contribution in [0, 0.1) is 5.92 Å². The van der Waals surface area contributed by atoms with E-state index in [1.807, 2.05) is 43.3 Å². The summed E-state index contributed by atoms with van der Waals surface area (Å²) in [5.74, 6) is 0.849. The highest BCUT2D eigenvalue weighted by Gasteiger charge is 2.60. The maximum Gasteiger partial charge on any atom is 0.246 e. The van der Waals surface area contributed by atoms with E-state index in [4.69, 9.17) is 14.2 Å². The summed E-state index contributed by atoms with van der Waals surface area (Å²) in [4.78, 5) is 12.5. The van der Waals surface area contributed by atoms with E-state index in [-0.39, 0.29) is 11.8 Å². The lowest BCUT2D eigenvalue weighted by molar-refractivity contribution is -0.124. The Morgan fingerprint density at radius 2 is 1.93 bits per heavy atom. The zero-order valence-electron chi connectivity index (χ0n) is 15.8. The molecule has 0 bridgehead atoms. The molecule has 0 aliphatic heterocycles. The molecule has 2 aromatic rings. The highest BCUT2D eigenvalue weighted by molar-refractivity contribution is 5.86. The molecule has 1 fully saturated rings. The summed E-state index contributed by atoms with van der Waals surface area (Å²) >= 11 is 0. The maximum atomic E-state index is 12.5. The highest BCUT2D eigenvalue weighted by Crippen LogP contribution is 2.55. The Morgan fingerprint density at radius 1 is 1.19 bits per heavy atom. The summed E-state index contributed by atoms with van der Waals surface area (Å²) in [6.45, 7) is 2.49. The van der Waals surface area contributed by atoms with Gasteiger partial charge in [0.1, 0.15) is 5.60 Å². The monoisotopic (exact) mass is 368 g/mol. The molecule has 0 unspecified atom stereocenters. The summed E-state index contributed by atoms with van der Waals surface area (Å²) < 4.78 is 16.4. The second kappa shape index (κ2) is 8.22. The van der Waals surface area contributed by atoms with Crippen molar-refractivity contribution in [2.75, 3.05) is 20.8 Å². The fourth-order valence-corrected chi connectivity index (χ4v) is 3.27. The fourth-order valence-electron chi connectivity index (χ4n) is 3.27. The number of methoxy groups -OCH3 is 2. The molecule has 1 N–H and O–H groups in total. The van der Waals surface area contributed by atoms with E-state index in [1.165, 1.54) is 0 Å². The molecule has 2 atom stereocenters. The Morgan fingerprint density at radius 3 is 2.59 bits per heavy atom. The van der Waals surface area contributed by atoms with Gasteiger partial charge in [-0.1, -0.05) is 30.3 Å². The van der Waals surface area contributed by atoms with Crippen LogP contribution in [-0.4, -0.2) is 32.9 Å². The van der Waals surface area contributed by atoms with E-state index in [0.29, 0.717) is 24.5 Å². The van der Waals surface area contributed by atoms with E-state index < -0.39 is 5.60 Å². The van der Waals surface area contributed by atoms with Crippen molar-refractivity contribution in [3.05, 3.63) is 59.7 Å². The largest absolute Gasteiger partial charge is 0.493 e. The molecule has 1 amide bonds. The van der Waals surface area contributed by atoms with Gasteiger partial charge in [0.15, 0.2) is 11.5 Å². The van der Waals surface area contributed by atoms with Gasteiger partial charge in [-0.15, -0.1) is 0 Å². The Kier molecular flexibility index (Phi) is 5.76. The molecular formula is C21H24N2O4. The molecule has 1 aliphatic rings. The van der Waals surface area contributed by atoms with Crippen LogP contribution in [0.5, 0.6) is 11.5 Å². The number of hydrogen-bond acceptors (Lipinski definition) is 5. The number of carbonyl (C=O) groups excluding carboxylic acids is 1. The predicted molar refractivity (Wildman–Crippen MR) is 103 cm³/mol. The molecule has 6 heteroatoms. The van der Waals surface area contributed by atoms with Crippen molar-refractivity contribution < 1.29 is 19.0 Å². The van der Waals surface area contributed by atoms with Gasteiger partial charge in [-0.3, -0.25) is 4.79 Å². The minimum Gasteiger partial charge on any atom is -0.493 e. The fraction of sp³-hybridized carbons (Fsp3) is 0.333. The van der Waals surface area contributed by atoms with Gasteiger partial charge in [-0.05, 0) is 42.7 Å². The third-order valence-corrected chi connectivity index (χ3v) is 4.69. The average molecular weight is 368 g/mol. The maximum absolute atomic E-state index is 12.5. The van der Waals surface area contributed by atoms with Gasteiger partial charge in [0.05, 0.1) is 26.4 Å². The van der Waals surface area contributed by atoms with Gasteiger partial charge in [0.2, 0.25) is 5.91 Å². The number of hydrazone groups is 1. The molecule has 0 heterocycles.